The number of carbonyl (C=O) groups excluding carboxylic acids is 1. The molecule has 2 aliphatic heterocycles. The monoisotopic (exact) mass is 413 g/mol. The van der Waals surface area contributed by atoms with Gasteiger partial charge in [0.2, 0.25) is 0 Å². The van der Waals surface area contributed by atoms with E-state index in [1.54, 1.807) is 11.1 Å². The maximum Gasteiger partial charge on any atom is 0.254 e. The highest BCUT2D eigenvalue weighted by atomic mass is 16.3. The van der Waals surface area contributed by atoms with Gasteiger partial charge in [0, 0.05) is 50.7 Å². The molecule has 158 valence electrons. The highest BCUT2D eigenvalue weighted by Crippen LogP contribution is 2.26. The van der Waals surface area contributed by atoms with Crippen molar-refractivity contribution in [3.63, 3.8) is 0 Å². The summed E-state index contributed by atoms with van der Waals surface area (Å²) in [5.74, 6) is 0.0158. The lowest BCUT2D eigenvalue weighted by atomic mass is 9.94. The van der Waals surface area contributed by atoms with Gasteiger partial charge in [-0.05, 0) is 52.8 Å². The molecule has 1 aromatic heterocycles. The molecule has 0 unspecified atom stereocenters. The average molecular weight is 414 g/mol. The molecule has 0 bridgehead atoms. The smallest absolute Gasteiger partial charge is 0.254 e. The van der Waals surface area contributed by atoms with E-state index in [1.807, 2.05) is 30.5 Å². The van der Waals surface area contributed by atoms with Crippen LogP contribution in [0.1, 0.15) is 27.0 Å². The first kappa shape index (κ1) is 19.9. The van der Waals surface area contributed by atoms with E-state index in [4.69, 9.17) is 0 Å². The molecule has 0 saturated heterocycles. The Morgan fingerprint density at radius 2 is 1.74 bits per heavy atom. The lowest BCUT2D eigenvalue weighted by Crippen LogP contribution is -2.46. The zero-order valence-corrected chi connectivity index (χ0v) is 17.6. The number of aliphatic hydroxyl groups excluding tert-OH is 1. The first-order chi connectivity index (χ1) is 15.2. The van der Waals surface area contributed by atoms with Gasteiger partial charge in [-0.15, -0.1) is 0 Å². The molecule has 3 heterocycles. The molecule has 1 amide bonds. The second-order valence-corrected chi connectivity index (χ2v) is 8.52. The van der Waals surface area contributed by atoms with Gasteiger partial charge >= 0.3 is 0 Å². The third kappa shape index (κ3) is 4.24. The summed E-state index contributed by atoms with van der Waals surface area (Å²) in [4.78, 5) is 21.3. The molecule has 5 nitrogen and oxygen atoms in total. The van der Waals surface area contributed by atoms with Crippen molar-refractivity contribution in [1.29, 1.82) is 0 Å². The third-order valence-electron chi connectivity index (χ3n) is 6.38. The molecule has 1 N–H and O–H groups in total. The van der Waals surface area contributed by atoms with Gasteiger partial charge < -0.3 is 10.0 Å². The van der Waals surface area contributed by atoms with Crippen LogP contribution in [0, 0.1) is 0 Å². The molecule has 3 aromatic rings. The van der Waals surface area contributed by atoms with Crippen molar-refractivity contribution in [2.75, 3.05) is 26.2 Å². The van der Waals surface area contributed by atoms with Crippen LogP contribution in [0.15, 0.2) is 67.0 Å². The Morgan fingerprint density at radius 1 is 0.903 bits per heavy atom. The molecule has 5 rings (SSSR count). The molecule has 0 fully saturated rings. The topological polar surface area (TPSA) is 56.7 Å². The van der Waals surface area contributed by atoms with Gasteiger partial charge in [-0.1, -0.05) is 42.5 Å². The van der Waals surface area contributed by atoms with Crippen molar-refractivity contribution in [1.82, 2.24) is 14.8 Å². The fraction of sp³-hybridized carbons (Fsp3) is 0.308. The van der Waals surface area contributed by atoms with Gasteiger partial charge in [-0.3, -0.25) is 14.7 Å². The molecule has 5 heteroatoms. The second kappa shape index (κ2) is 8.61. The number of β-amino-alcohol motifs (C(OH)–C–C–N with tert-alkyl or cyclic N) is 1. The molecule has 0 aliphatic carbocycles. The van der Waals surface area contributed by atoms with E-state index in [9.17, 15) is 9.90 Å². The van der Waals surface area contributed by atoms with Crippen LogP contribution in [0.2, 0.25) is 0 Å². The Bertz CT molecular complexity index is 1080. The summed E-state index contributed by atoms with van der Waals surface area (Å²) >= 11 is 0. The van der Waals surface area contributed by atoms with E-state index in [1.165, 1.54) is 11.1 Å². The van der Waals surface area contributed by atoms with Crippen LogP contribution in [-0.4, -0.2) is 58.1 Å². The zero-order chi connectivity index (χ0) is 21.2. The van der Waals surface area contributed by atoms with Crippen molar-refractivity contribution in [3.8, 4) is 11.1 Å². The van der Waals surface area contributed by atoms with Gasteiger partial charge in [-0.2, -0.15) is 0 Å². The molecule has 2 aromatic carbocycles. The number of amides is 1. The molecular formula is C26H27N3O2. The molecule has 0 spiro atoms. The fourth-order valence-electron chi connectivity index (χ4n) is 4.74. The fourth-order valence-corrected chi connectivity index (χ4v) is 4.74. The molecule has 0 radical (unpaired) electrons. The molecule has 2 aliphatic rings. The molecule has 0 saturated carbocycles. The van der Waals surface area contributed by atoms with E-state index < -0.39 is 6.10 Å². The third-order valence-corrected chi connectivity index (χ3v) is 6.38. The number of hydrogen-bond donors (Lipinski definition) is 1. The number of nitrogens with zero attached hydrogens (tertiary/aromatic N) is 3. The lowest BCUT2D eigenvalue weighted by molar-refractivity contribution is 0.0493. The summed E-state index contributed by atoms with van der Waals surface area (Å²) in [6.45, 7) is 3.41. The van der Waals surface area contributed by atoms with Crippen LogP contribution >= 0.6 is 0 Å². The van der Waals surface area contributed by atoms with E-state index in [2.05, 4.69) is 40.2 Å². The summed E-state index contributed by atoms with van der Waals surface area (Å²) in [7, 11) is 0. The van der Waals surface area contributed by atoms with Crippen LogP contribution < -0.4 is 0 Å². The lowest BCUT2D eigenvalue weighted by Gasteiger charge is -2.34. The van der Waals surface area contributed by atoms with E-state index >= 15 is 0 Å². The minimum Gasteiger partial charge on any atom is -0.390 e. The van der Waals surface area contributed by atoms with E-state index in [-0.39, 0.29) is 5.91 Å². The van der Waals surface area contributed by atoms with Crippen molar-refractivity contribution in [2.45, 2.75) is 25.5 Å². The average Bonchev–Trinajstić information content (AvgIpc) is 2.81. The van der Waals surface area contributed by atoms with Gasteiger partial charge in [0.1, 0.15) is 0 Å². The summed E-state index contributed by atoms with van der Waals surface area (Å²) in [6.07, 6.45) is 4.87. The molecule has 31 heavy (non-hydrogen) atoms. The highest BCUT2D eigenvalue weighted by Gasteiger charge is 2.27. The maximum absolute atomic E-state index is 13.0. The number of hydrogen-bond acceptors (Lipinski definition) is 4. The normalized spacial score (nSPS) is 17.2. The van der Waals surface area contributed by atoms with Crippen molar-refractivity contribution in [2.24, 2.45) is 0 Å². The van der Waals surface area contributed by atoms with E-state index in [0.717, 1.165) is 48.2 Å². The first-order valence-electron chi connectivity index (χ1n) is 11.0. The Labute approximate surface area is 183 Å². The Hall–Kier alpha value is -3.02. The first-order valence-corrected chi connectivity index (χ1v) is 11.0. The second-order valence-electron chi connectivity index (χ2n) is 8.52. The zero-order valence-electron chi connectivity index (χ0n) is 17.6. The Kier molecular flexibility index (Phi) is 5.53. The summed E-state index contributed by atoms with van der Waals surface area (Å²) in [6, 6.07) is 18.5. The quantitative estimate of drug-likeness (QED) is 0.698. The number of fused-ring (bicyclic) bond motifs is 2. The molecular weight excluding hydrogens is 386 g/mol. The van der Waals surface area contributed by atoms with E-state index in [0.29, 0.717) is 19.6 Å². The predicted molar refractivity (Wildman–Crippen MR) is 121 cm³/mol. The van der Waals surface area contributed by atoms with Gasteiger partial charge in [0.05, 0.1) is 6.10 Å². The number of aliphatic hydroxyl groups is 1. The Balaban J connectivity index is 1.22. The van der Waals surface area contributed by atoms with Gasteiger partial charge in [-0.25, -0.2) is 0 Å². The maximum atomic E-state index is 13.0. The minimum atomic E-state index is -0.551. The van der Waals surface area contributed by atoms with Gasteiger partial charge in [0.25, 0.3) is 5.91 Å². The summed E-state index contributed by atoms with van der Waals surface area (Å²) in [5.41, 5.74) is 6.70. The Morgan fingerprint density at radius 3 is 2.58 bits per heavy atom. The SMILES string of the molecule is O=C1c2ccc(-c3cccnc3)cc2CCN1C[C@H](O)CN1CCc2ccccc2C1. The van der Waals surface area contributed by atoms with Gasteiger partial charge in [0.15, 0.2) is 0 Å². The number of pyridine rings is 1. The van der Waals surface area contributed by atoms with Crippen LogP contribution in [0.5, 0.6) is 0 Å². The predicted octanol–water partition coefficient (Wildman–Crippen LogP) is 3.17. The number of aromatic nitrogens is 1. The largest absolute Gasteiger partial charge is 0.390 e. The summed E-state index contributed by atoms with van der Waals surface area (Å²) < 4.78 is 0. The van der Waals surface area contributed by atoms with Crippen LogP contribution in [0.3, 0.4) is 0 Å². The standard InChI is InChI=1S/C26H27N3O2/c30-24(17-28-12-9-19-4-1-2-5-23(19)16-28)18-29-13-10-21-14-20(7-8-25(21)26(29)31)22-6-3-11-27-15-22/h1-8,11,14-15,24,30H,9-10,12-13,16-18H2/t24-/m1/s1. The van der Waals surface area contributed by atoms with Crippen molar-refractivity contribution in [3.05, 3.63) is 89.2 Å². The summed E-state index contributed by atoms with van der Waals surface area (Å²) in [5, 5.41) is 10.7. The number of carbonyl (C=O) groups is 1. The highest BCUT2D eigenvalue weighted by molar-refractivity contribution is 5.97. The number of benzene rings is 2. The van der Waals surface area contributed by atoms with Crippen LogP contribution in [0.4, 0.5) is 0 Å². The molecule has 1 atom stereocenters. The van der Waals surface area contributed by atoms with Crippen molar-refractivity contribution < 1.29 is 9.90 Å². The minimum absolute atomic E-state index is 0.0158. The van der Waals surface area contributed by atoms with Crippen LogP contribution in [0.25, 0.3) is 11.1 Å². The number of rotatable bonds is 5. The van der Waals surface area contributed by atoms with Crippen molar-refractivity contribution >= 4 is 5.91 Å². The van der Waals surface area contributed by atoms with Crippen LogP contribution in [-0.2, 0) is 19.4 Å².